The van der Waals surface area contributed by atoms with E-state index in [4.69, 9.17) is 17.3 Å². The van der Waals surface area contributed by atoms with Crippen LogP contribution in [0.25, 0.3) is 0 Å². The summed E-state index contributed by atoms with van der Waals surface area (Å²) in [5, 5.41) is 0.716. The molecule has 21 heavy (non-hydrogen) atoms. The number of anilines is 1. The van der Waals surface area contributed by atoms with Gasteiger partial charge < -0.3 is 20.3 Å². The number of nitrogens with two attached hydrogens (primary N) is 1. The number of carbonyl (C=O) groups is 2. The molecule has 1 aliphatic rings. The van der Waals surface area contributed by atoms with Gasteiger partial charge in [0.05, 0.1) is 22.7 Å². The van der Waals surface area contributed by atoms with Gasteiger partial charge in [-0.15, -0.1) is 0 Å². The van der Waals surface area contributed by atoms with Crippen LogP contribution in [0.4, 0.5) is 5.69 Å². The second-order valence-electron chi connectivity index (χ2n) is 5.27. The zero-order valence-corrected chi connectivity index (χ0v) is 12.8. The monoisotopic (exact) mass is 309 g/mol. The van der Waals surface area contributed by atoms with Crippen molar-refractivity contribution in [1.82, 2.24) is 4.90 Å². The van der Waals surface area contributed by atoms with Crippen molar-refractivity contribution in [3.63, 3.8) is 0 Å². The fourth-order valence-electron chi connectivity index (χ4n) is 2.45. The van der Waals surface area contributed by atoms with Gasteiger partial charge in [-0.05, 0) is 12.1 Å². The van der Waals surface area contributed by atoms with Crippen LogP contribution in [0.3, 0.4) is 0 Å². The maximum Gasteiger partial charge on any atom is 0.227 e. The number of nitrogens with zero attached hydrogens (tertiary/aromatic N) is 2. The average molecular weight is 310 g/mol. The number of piperazine rings is 1. The number of benzene rings is 1. The molecule has 0 aliphatic carbocycles. The second-order valence-corrected chi connectivity index (χ2v) is 5.67. The summed E-state index contributed by atoms with van der Waals surface area (Å²) in [6.45, 7) is 4.36. The minimum atomic E-state index is -0.737. The Hall–Kier alpha value is -1.59. The average Bonchev–Trinajstić information content (AvgIpc) is 2.53. The summed E-state index contributed by atoms with van der Waals surface area (Å²) in [5.74, 6) is -0.539. The molecule has 0 radical (unpaired) electrons. The van der Waals surface area contributed by atoms with E-state index in [0.29, 0.717) is 24.4 Å². The van der Waals surface area contributed by atoms with Gasteiger partial charge >= 0.3 is 0 Å². The quantitative estimate of drug-likeness (QED) is 0.847. The van der Waals surface area contributed by atoms with Gasteiger partial charge in [0.15, 0.2) is 0 Å². The summed E-state index contributed by atoms with van der Waals surface area (Å²) in [5.41, 5.74) is 6.61. The van der Waals surface area contributed by atoms with E-state index in [0.717, 1.165) is 18.8 Å². The Morgan fingerprint density at radius 3 is 2.48 bits per heavy atom. The van der Waals surface area contributed by atoms with E-state index < -0.39 is 12.0 Å². The van der Waals surface area contributed by atoms with Gasteiger partial charge in [0.1, 0.15) is 6.29 Å². The first-order valence-corrected chi connectivity index (χ1v) is 7.41. The van der Waals surface area contributed by atoms with Gasteiger partial charge in [0.25, 0.3) is 0 Å². The van der Waals surface area contributed by atoms with Crippen molar-refractivity contribution in [2.75, 3.05) is 31.1 Å². The molecule has 1 aliphatic heterocycles. The summed E-state index contributed by atoms with van der Waals surface area (Å²) >= 11 is 6.19. The third-order valence-corrected chi connectivity index (χ3v) is 4.23. The molecule has 1 aromatic carbocycles. The lowest BCUT2D eigenvalue weighted by Crippen LogP contribution is -2.52. The van der Waals surface area contributed by atoms with Crippen molar-refractivity contribution in [1.29, 1.82) is 0 Å². The van der Waals surface area contributed by atoms with Crippen molar-refractivity contribution in [2.45, 2.75) is 13.0 Å². The molecule has 2 atom stereocenters. The van der Waals surface area contributed by atoms with E-state index in [-0.39, 0.29) is 5.91 Å². The van der Waals surface area contributed by atoms with Crippen molar-refractivity contribution < 1.29 is 9.59 Å². The Balaban J connectivity index is 1.96. The lowest BCUT2D eigenvalue weighted by atomic mass is 10.0. The van der Waals surface area contributed by atoms with Gasteiger partial charge in [-0.2, -0.15) is 0 Å². The Kier molecular flexibility index (Phi) is 5.20. The molecule has 0 spiro atoms. The topological polar surface area (TPSA) is 66.6 Å². The van der Waals surface area contributed by atoms with Gasteiger partial charge in [0, 0.05) is 26.2 Å². The standard InChI is InChI=1S/C15H20ClN3O2/c1-11(13(17)10-20)15(21)19-8-6-18(7-9-19)14-5-3-2-4-12(14)16/h2-5,10-11,13H,6-9,17H2,1H3. The van der Waals surface area contributed by atoms with E-state index >= 15 is 0 Å². The molecule has 1 aromatic rings. The molecule has 1 fully saturated rings. The fourth-order valence-corrected chi connectivity index (χ4v) is 2.70. The van der Waals surface area contributed by atoms with Gasteiger partial charge in [-0.1, -0.05) is 30.7 Å². The minimum Gasteiger partial charge on any atom is -0.367 e. The SMILES string of the molecule is CC(C(=O)N1CCN(c2ccccc2Cl)CC1)C(N)C=O. The van der Waals surface area contributed by atoms with Crippen molar-refractivity contribution >= 4 is 29.5 Å². The molecule has 2 unspecified atom stereocenters. The highest BCUT2D eigenvalue weighted by Crippen LogP contribution is 2.26. The van der Waals surface area contributed by atoms with Crippen LogP contribution >= 0.6 is 11.6 Å². The molecule has 6 heteroatoms. The highest BCUT2D eigenvalue weighted by Gasteiger charge is 2.28. The Morgan fingerprint density at radius 2 is 1.90 bits per heavy atom. The van der Waals surface area contributed by atoms with E-state index in [1.54, 1.807) is 11.8 Å². The number of amides is 1. The molecule has 1 heterocycles. The van der Waals surface area contributed by atoms with Crippen LogP contribution in [-0.4, -0.2) is 49.3 Å². The normalized spacial score (nSPS) is 18.2. The Labute approximate surface area is 129 Å². The number of rotatable bonds is 4. The van der Waals surface area contributed by atoms with Gasteiger partial charge in [-0.25, -0.2) is 0 Å². The zero-order valence-electron chi connectivity index (χ0n) is 12.0. The summed E-state index contributed by atoms with van der Waals surface area (Å²) < 4.78 is 0. The minimum absolute atomic E-state index is 0.0617. The molecule has 2 N–H and O–H groups in total. The number of aldehydes is 1. The first-order chi connectivity index (χ1) is 10.0. The van der Waals surface area contributed by atoms with Gasteiger partial charge in [-0.3, -0.25) is 4.79 Å². The van der Waals surface area contributed by atoms with Crippen LogP contribution in [0.1, 0.15) is 6.92 Å². The smallest absolute Gasteiger partial charge is 0.227 e. The molecular formula is C15H20ClN3O2. The molecule has 5 nitrogen and oxygen atoms in total. The number of halogens is 1. The van der Waals surface area contributed by atoms with Crippen molar-refractivity contribution in [2.24, 2.45) is 11.7 Å². The second kappa shape index (κ2) is 6.91. The third-order valence-electron chi connectivity index (χ3n) is 3.91. The van der Waals surface area contributed by atoms with Crippen LogP contribution < -0.4 is 10.6 Å². The summed E-state index contributed by atoms with van der Waals surface area (Å²) in [7, 11) is 0. The summed E-state index contributed by atoms with van der Waals surface area (Å²) in [4.78, 5) is 26.9. The molecule has 1 saturated heterocycles. The summed E-state index contributed by atoms with van der Waals surface area (Å²) in [6, 6.07) is 6.95. The lowest BCUT2D eigenvalue weighted by Gasteiger charge is -2.37. The highest BCUT2D eigenvalue weighted by molar-refractivity contribution is 6.33. The molecule has 114 valence electrons. The number of hydrogen-bond donors (Lipinski definition) is 1. The molecule has 0 aromatic heterocycles. The van der Waals surface area contributed by atoms with E-state index in [2.05, 4.69) is 4.90 Å². The zero-order chi connectivity index (χ0) is 15.4. The summed E-state index contributed by atoms with van der Waals surface area (Å²) in [6.07, 6.45) is 0.628. The predicted molar refractivity (Wildman–Crippen MR) is 83.4 cm³/mol. The Bertz CT molecular complexity index is 515. The molecule has 2 rings (SSSR count). The van der Waals surface area contributed by atoms with E-state index in [1.165, 1.54) is 0 Å². The Morgan fingerprint density at radius 1 is 1.29 bits per heavy atom. The molecular weight excluding hydrogens is 290 g/mol. The van der Waals surface area contributed by atoms with Crippen molar-refractivity contribution in [3.8, 4) is 0 Å². The number of hydrogen-bond acceptors (Lipinski definition) is 4. The first kappa shape index (κ1) is 15.8. The van der Waals surface area contributed by atoms with E-state index in [9.17, 15) is 9.59 Å². The maximum absolute atomic E-state index is 12.3. The van der Waals surface area contributed by atoms with Crippen molar-refractivity contribution in [3.05, 3.63) is 29.3 Å². The van der Waals surface area contributed by atoms with Crippen LogP contribution in [0.2, 0.25) is 5.02 Å². The third kappa shape index (κ3) is 3.54. The highest BCUT2D eigenvalue weighted by atomic mass is 35.5. The fraction of sp³-hybridized carbons (Fsp3) is 0.467. The first-order valence-electron chi connectivity index (χ1n) is 7.03. The largest absolute Gasteiger partial charge is 0.367 e. The van der Waals surface area contributed by atoms with Crippen LogP contribution in [0.5, 0.6) is 0 Å². The molecule has 1 amide bonds. The lowest BCUT2D eigenvalue weighted by molar-refractivity contribution is -0.137. The molecule has 0 bridgehead atoms. The van der Waals surface area contributed by atoms with Crippen LogP contribution in [-0.2, 0) is 9.59 Å². The predicted octanol–water partition coefficient (Wildman–Crippen LogP) is 1.15. The van der Waals surface area contributed by atoms with Gasteiger partial charge in [0.2, 0.25) is 5.91 Å². The van der Waals surface area contributed by atoms with E-state index in [1.807, 2.05) is 24.3 Å². The number of para-hydroxylation sites is 1. The molecule has 0 saturated carbocycles. The number of carbonyl (C=O) groups excluding carboxylic acids is 2. The van der Waals surface area contributed by atoms with Crippen LogP contribution in [0, 0.1) is 5.92 Å². The maximum atomic E-state index is 12.3. The van der Waals surface area contributed by atoms with Crippen LogP contribution in [0.15, 0.2) is 24.3 Å².